The molecule has 6 heteroatoms. The van der Waals surface area contributed by atoms with E-state index >= 15 is 0 Å². The predicted octanol–water partition coefficient (Wildman–Crippen LogP) is 6.44. The summed E-state index contributed by atoms with van der Waals surface area (Å²) in [4.78, 5) is 59.4. The molecule has 0 N–H and O–H groups in total. The second kappa shape index (κ2) is 9.41. The zero-order valence-corrected chi connectivity index (χ0v) is 20.2. The van der Waals surface area contributed by atoms with Gasteiger partial charge in [-0.1, -0.05) is 72.8 Å². The van der Waals surface area contributed by atoms with Gasteiger partial charge in [-0.3, -0.25) is 19.2 Å². The molecular formula is C32H20N2O4. The van der Waals surface area contributed by atoms with Crippen LogP contribution in [0.1, 0.15) is 54.3 Å². The number of hydrogen-bond acceptors (Lipinski definition) is 6. The van der Waals surface area contributed by atoms with Gasteiger partial charge in [0.1, 0.15) is 0 Å². The van der Waals surface area contributed by atoms with Crippen molar-refractivity contribution in [2.24, 2.45) is 9.98 Å². The van der Waals surface area contributed by atoms with Crippen LogP contribution in [-0.2, 0) is 0 Å². The van der Waals surface area contributed by atoms with E-state index in [1.165, 1.54) is 0 Å². The highest BCUT2D eigenvalue weighted by Crippen LogP contribution is 2.28. The number of ketones is 4. The zero-order chi connectivity index (χ0) is 26.2. The maximum Gasteiger partial charge on any atom is 0.208 e. The van der Waals surface area contributed by atoms with Crippen LogP contribution in [0.3, 0.4) is 0 Å². The maximum atomic E-state index is 12.8. The Labute approximate surface area is 218 Å². The van der Waals surface area contributed by atoms with Gasteiger partial charge in [0.2, 0.25) is 11.6 Å². The molecular weight excluding hydrogens is 476 g/mol. The molecule has 6 nitrogen and oxygen atoms in total. The molecule has 0 bridgehead atoms. The quantitative estimate of drug-likeness (QED) is 0.326. The molecule has 6 rings (SSSR count). The summed E-state index contributed by atoms with van der Waals surface area (Å²) in [5, 5.41) is 0. The molecule has 0 heterocycles. The first-order chi connectivity index (χ1) is 18.5. The minimum atomic E-state index is -0.219. The number of Topliss-reactive ketones (excluding diaryl/α,β-unsaturated/α-hetero) is 4. The Morgan fingerprint density at radius 2 is 0.763 bits per heavy atom. The number of benzene rings is 4. The van der Waals surface area contributed by atoms with Gasteiger partial charge in [-0.15, -0.1) is 0 Å². The molecule has 182 valence electrons. The first kappa shape index (κ1) is 23.3. The van der Waals surface area contributed by atoms with Crippen LogP contribution in [0.15, 0.2) is 107 Å². The second-order valence-corrected chi connectivity index (χ2v) is 9.16. The zero-order valence-electron chi connectivity index (χ0n) is 20.2. The number of carbonyl (C=O) groups is 4. The number of fused-ring (bicyclic) bond motifs is 2. The van der Waals surface area contributed by atoms with E-state index in [0.29, 0.717) is 33.6 Å². The van der Waals surface area contributed by atoms with E-state index in [2.05, 4.69) is 9.98 Å². The Morgan fingerprint density at radius 3 is 1.13 bits per heavy atom. The summed E-state index contributed by atoms with van der Waals surface area (Å²) in [7, 11) is 0. The van der Waals surface area contributed by atoms with Crippen molar-refractivity contribution in [1.82, 2.24) is 0 Å². The highest BCUT2D eigenvalue weighted by atomic mass is 16.1. The van der Waals surface area contributed by atoms with E-state index in [1.54, 1.807) is 72.8 Å². The van der Waals surface area contributed by atoms with Crippen molar-refractivity contribution in [3.8, 4) is 11.1 Å². The lowest BCUT2D eigenvalue weighted by Crippen LogP contribution is -2.26. The summed E-state index contributed by atoms with van der Waals surface area (Å²) in [5.74, 6) is -0.656. The molecule has 0 spiro atoms. The summed E-state index contributed by atoms with van der Waals surface area (Å²) in [6.45, 7) is 0. The average Bonchev–Trinajstić information content (AvgIpc) is 2.95. The van der Waals surface area contributed by atoms with Crippen LogP contribution in [0.2, 0.25) is 0 Å². The highest BCUT2D eigenvalue weighted by molar-refractivity contribution is 6.53. The predicted molar refractivity (Wildman–Crippen MR) is 146 cm³/mol. The maximum absolute atomic E-state index is 12.8. The molecule has 0 fully saturated rings. The van der Waals surface area contributed by atoms with E-state index in [-0.39, 0.29) is 47.4 Å². The van der Waals surface area contributed by atoms with Crippen LogP contribution >= 0.6 is 0 Å². The first-order valence-corrected chi connectivity index (χ1v) is 12.2. The molecule has 0 saturated heterocycles. The average molecular weight is 497 g/mol. The Kier molecular flexibility index (Phi) is 5.77. The highest BCUT2D eigenvalue weighted by Gasteiger charge is 2.29. The second-order valence-electron chi connectivity index (χ2n) is 9.16. The molecule has 2 aliphatic carbocycles. The Bertz CT molecular complexity index is 1580. The Hall–Kier alpha value is -5.10. The third kappa shape index (κ3) is 4.22. The van der Waals surface area contributed by atoms with Crippen LogP contribution in [0.5, 0.6) is 0 Å². The third-order valence-corrected chi connectivity index (χ3v) is 6.72. The van der Waals surface area contributed by atoms with Crippen molar-refractivity contribution in [1.29, 1.82) is 0 Å². The van der Waals surface area contributed by atoms with Crippen LogP contribution in [0, 0.1) is 0 Å². The van der Waals surface area contributed by atoms with Gasteiger partial charge in [-0.05, 0) is 35.4 Å². The number of hydrogen-bond donors (Lipinski definition) is 0. The van der Waals surface area contributed by atoms with Gasteiger partial charge in [-0.2, -0.15) is 0 Å². The normalized spacial score (nSPS) is 17.1. The molecule has 4 aromatic carbocycles. The van der Waals surface area contributed by atoms with E-state index in [4.69, 9.17) is 0 Å². The van der Waals surface area contributed by atoms with E-state index in [0.717, 1.165) is 11.1 Å². The molecule has 38 heavy (non-hydrogen) atoms. The first-order valence-electron chi connectivity index (χ1n) is 12.2. The number of aliphatic imine (C=N–C) groups is 2. The van der Waals surface area contributed by atoms with Gasteiger partial charge in [0, 0.05) is 22.3 Å². The molecule has 0 unspecified atom stereocenters. The fraction of sp³-hybridized carbons (Fsp3) is 0.0625. The SMILES string of the molecule is O=C1CC(=Nc2ccc(-c3ccc(N=C4CC(=O)c5ccccc5C4=O)cc3)cc2)C(=O)c2ccccc21. The molecule has 0 atom stereocenters. The van der Waals surface area contributed by atoms with Crippen molar-refractivity contribution >= 4 is 45.9 Å². The van der Waals surface area contributed by atoms with Crippen LogP contribution in [0.25, 0.3) is 11.1 Å². The summed E-state index contributed by atoms with van der Waals surface area (Å²) in [6, 6.07) is 28.4. The van der Waals surface area contributed by atoms with Gasteiger partial charge >= 0.3 is 0 Å². The van der Waals surface area contributed by atoms with Gasteiger partial charge in [0.05, 0.1) is 35.6 Å². The van der Waals surface area contributed by atoms with Gasteiger partial charge in [0.15, 0.2) is 11.6 Å². The van der Waals surface area contributed by atoms with E-state index in [9.17, 15) is 19.2 Å². The molecule has 0 aromatic heterocycles. The lowest BCUT2D eigenvalue weighted by atomic mass is 9.88. The summed E-state index contributed by atoms with van der Waals surface area (Å²) >= 11 is 0. The van der Waals surface area contributed by atoms with Gasteiger partial charge < -0.3 is 0 Å². The van der Waals surface area contributed by atoms with E-state index in [1.807, 2.05) is 24.3 Å². The minimum absolute atomic E-state index is 0.0126. The lowest BCUT2D eigenvalue weighted by Gasteiger charge is -2.15. The van der Waals surface area contributed by atoms with Crippen LogP contribution < -0.4 is 0 Å². The number of carbonyl (C=O) groups excluding carboxylic acids is 4. The van der Waals surface area contributed by atoms with Crippen molar-refractivity contribution < 1.29 is 19.2 Å². The smallest absolute Gasteiger partial charge is 0.208 e. The van der Waals surface area contributed by atoms with Gasteiger partial charge in [0.25, 0.3) is 0 Å². The Morgan fingerprint density at radius 1 is 0.421 bits per heavy atom. The van der Waals surface area contributed by atoms with Crippen LogP contribution in [-0.4, -0.2) is 34.6 Å². The standard InChI is InChI=1S/C32H20N2O4/c35-29-17-27(31(37)25-7-3-1-5-23(25)29)33-21-13-9-19(10-14-21)20-11-15-22(16-12-20)34-28-18-30(36)24-6-2-4-8-26(24)32(28)38/h1-16H,17-18H2. The molecule has 2 aliphatic rings. The van der Waals surface area contributed by atoms with Crippen molar-refractivity contribution in [2.75, 3.05) is 0 Å². The number of rotatable bonds is 3. The molecule has 0 aliphatic heterocycles. The summed E-state index contributed by atoms with van der Waals surface area (Å²) in [6.07, 6.45) is -0.0253. The largest absolute Gasteiger partial charge is 0.294 e. The molecule has 4 aromatic rings. The van der Waals surface area contributed by atoms with E-state index < -0.39 is 0 Å². The van der Waals surface area contributed by atoms with Crippen molar-refractivity contribution in [2.45, 2.75) is 12.8 Å². The third-order valence-electron chi connectivity index (χ3n) is 6.72. The molecule has 0 radical (unpaired) electrons. The van der Waals surface area contributed by atoms with Crippen molar-refractivity contribution in [3.63, 3.8) is 0 Å². The number of nitrogens with zero attached hydrogens (tertiary/aromatic N) is 2. The fourth-order valence-electron chi connectivity index (χ4n) is 4.76. The monoisotopic (exact) mass is 496 g/mol. The summed E-state index contributed by atoms with van der Waals surface area (Å²) in [5.41, 5.74) is 5.21. The minimum Gasteiger partial charge on any atom is -0.294 e. The summed E-state index contributed by atoms with van der Waals surface area (Å²) < 4.78 is 0. The topological polar surface area (TPSA) is 93.0 Å². The van der Waals surface area contributed by atoms with Gasteiger partial charge in [-0.25, -0.2) is 9.98 Å². The van der Waals surface area contributed by atoms with Crippen molar-refractivity contribution in [3.05, 3.63) is 119 Å². The van der Waals surface area contributed by atoms with Crippen LogP contribution in [0.4, 0.5) is 11.4 Å². The fourth-order valence-corrected chi connectivity index (χ4v) is 4.76. The molecule has 0 saturated carbocycles. The molecule has 0 amide bonds. The lowest BCUT2D eigenvalue weighted by molar-refractivity contribution is 0.0963. The Balaban J connectivity index is 1.20.